The van der Waals surface area contributed by atoms with Crippen LogP contribution in [0.1, 0.15) is 67.3 Å². The minimum Gasteiger partial charge on any atom is -0.494 e. The predicted molar refractivity (Wildman–Crippen MR) is 128 cm³/mol. The monoisotopic (exact) mass is 432 g/mol. The van der Waals surface area contributed by atoms with Crippen LogP contribution in [0.5, 0.6) is 5.75 Å². The molecule has 2 aromatic carbocycles. The summed E-state index contributed by atoms with van der Waals surface area (Å²) < 4.78 is 11.6. The van der Waals surface area contributed by atoms with Crippen molar-refractivity contribution in [1.82, 2.24) is 4.90 Å². The summed E-state index contributed by atoms with van der Waals surface area (Å²) in [6.45, 7) is 5.23. The molecule has 168 valence electrons. The average molecular weight is 433 g/mol. The van der Waals surface area contributed by atoms with Gasteiger partial charge >= 0.3 is 0 Å². The van der Waals surface area contributed by atoms with E-state index in [0.29, 0.717) is 24.1 Å². The number of anilines is 1. The lowest BCUT2D eigenvalue weighted by atomic mass is 9.85. The van der Waals surface area contributed by atoms with Crippen LogP contribution >= 0.6 is 0 Å². The zero-order chi connectivity index (χ0) is 21.9. The first kappa shape index (κ1) is 21.1. The summed E-state index contributed by atoms with van der Waals surface area (Å²) >= 11 is 0. The number of furan rings is 1. The number of hydrogen-bond acceptors (Lipinski definition) is 4. The minimum absolute atomic E-state index is 0.130. The molecule has 5 rings (SSSR count). The molecule has 5 heteroatoms. The highest BCUT2D eigenvalue weighted by Crippen LogP contribution is 2.40. The normalized spacial score (nSPS) is 20.9. The minimum atomic E-state index is -0.130. The van der Waals surface area contributed by atoms with E-state index in [0.717, 1.165) is 35.2 Å². The van der Waals surface area contributed by atoms with E-state index in [1.165, 1.54) is 44.3 Å². The molecular weight excluding hydrogens is 400 g/mol. The molecule has 1 aromatic heterocycles. The van der Waals surface area contributed by atoms with Gasteiger partial charge in [-0.15, -0.1) is 0 Å². The van der Waals surface area contributed by atoms with Crippen molar-refractivity contribution >= 4 is 22.6 Å². The number of fused-ring (bicyclic) bond motifs is 2. The molecule has 0 saturated carbocycles. The second-order valence-corrected chi connectivity index (χ2v) is 9.14. The number of amides is 1. The number of rotatable bonds is 7. The number of ether oxygens (including phenoxy) is 1. The van der Waals surface area contributed by atoms with Crippen LogP contribution in [0.15, 0.2) is 53.1 Å². The van der Waals surface area contributed by atoms with E-state index in [1.807, 2.05) is 42.7 Å². The van der Waals surface area contributed by atoms with Crippen molar-refractivity contribution in [3.8, 4) is 5.75 Å². The Morgan fingerprint density at radius 1 is 1.19 bits per heavy atom. The molecular formula is C27H32N2O3. The van der Waals surface area contributed by atoms with E-state index in [9.17, 15) is 4.79 Å². The van der Waals surface area contributed by atoms with Gasteiger partial charge in [0.2, 0.25) is 0 Å². The number of hydrogen-bond donors (Lipinski definition) is 1. The highest BCUT2D eigenvalue weighted by molar-refractivity contribution is 6.05. The van der Waals surface area contributed by atoms with Crippen molar-refractivity contribution in [2.75, 3.05) is 25.0 Å². The SMILES string of the molecule is CCCCOc1cccc(C(=O)Nc2ccc3occ(C4CCN5CCCC5C4)c3c2)c1. The molecule has 2 fully saturated rings. The van der Waals surface area contributed by atoms with Crippen molar-refractivity contribution in [3.05, 3.63) is 59.9 Å². The number of unbranched alkanes of at least 4 members (excludes halogenated alkanes) is 1. The fourth-order valence-electron chi connectivity index (χ4n) is 5.21. The van der Waals surface area contributed by atoms with Crippen molar-refractivity contribution in [2.45, 2.75) is 57.4 Å². The Morgan fingerprint density at radius 3 is 3.03 bits per heavy atom. The summed E-state index contributed by atoms with van der Waals surface area (Å²) in [5, 5.41) is 4.18. The van der Waals surface area contributed by atoms with E-state index < -0.39 is 0 Å². The first-order valence-electron chi connectivity index (χ1n) is 12.0. The van der Waals surface area contributed by atoms with Gasteiger partial charge in [0.15, 0.2) is 0 Å². The number of carbonyl (C=O) groups is 1. The summed E-state index contributed by atoms with van der Waals surface area (Å²) in [6, 6.07) is 14.0. The van der Waals surface area contributed by atoms with Gasteiger partial charge in [0.05, 0.1) is 12.9 Å². The van der Waals surface area contributed by atoms with Gasteiger partial charge in [-0.25, -0.2) is 0 Å². The molecule has 2 unspecified atom stereocenters. The third kappa shape index (κ3) is 4.40. The molecule has 3 aromatic rings. The standard InChI is InChI=1S/C27H32N2O3/c1-2-3-14-31-23-8-4-6-20(16-23)27(30)28-21-9-10-26-24(17-21)25(18-32-26)19-11-13-29-12-5-7-22(29)15-19/h4,6,8-10,16-19,22H,2-3,5,7,11-15H2,1H3,(H,28,30). The first-order valence-corrected chi connectivity index (χ1v) is 12.0. The quantitative estimate of drug-likeness (QED) is 0.451. The van der Waals surface area contributed by atoms with E-state index in [1.54, 1.807) is 0 Å². The van der Waals surface area contributed by atoms with Gasteiger partial charge in [0.1, 0.15) is 11.3 Å². The molecule has 1 N–H and O–H groups in total. The molecule has 32 heavy (non-hydrogen) atoms. The van der Waals surface area contributed by atoms with Crippen LogP contribution in [0.2, 0.25) is 0 Å². The Morgan fingerprint density at radius 2 is 2.12 bits per heavy atom. The molecule has 1 amide bonds. The Kier molecular flexibility index (Phi) is 6.17. The second-order valence-electron chi connectivity index (χ2n) is 9.14. The number of nitrogens with zero attached hydrogens (tertiary/aromatic N) is 1. The van der Waals surface area contributed by atoms with Gasteiger partial charge in [-0.3, -0.25) is 4.79 Å². The highest BCUT2D eigenvalue weighted by atomic mass is 16.5. The molecule has 2 atom stereocenters. The van der Waals surface area contributed by atoms with Crippen LogP contribution < -0.4 is 10.1 Å². The molecule has 5 nitrogen and oxygen atoms in total. The Balaban J connectivity index is 1.31. The van der Waals surface area contributed by atoms with E-state index in [-0.39, 0.29) is 5.91 Å². The Labute approximate surface area is 189 Å². The Bertz CT molecular complexity index is 1090. The van der Waals surface area contributed by atoms with Gasteiger partial charge in [-0.05, 0) is 87.5 Å². The molecule has 2 saturated heterocycles. The number of piperidine rings is 1. The molecule has 0 aliphatic carbocycles. The predicted octanol–water partition coefficient (Wildman–Crippen LogP) is 6.21. The topological polar surface area (TPSA) is 54.7 Å². The highest BCUT2D eigenvalue weighted by Gasteiger charge is 2.33. The fraction of sp³-hybridized carbons (Fsp3) is 0.444. The zero-order valence-corrected chi connectivity index (χ0v) is 18.8. The Hall–Kier alpha value is -2.79. The third-order valence-electron chi connectivity index (χ3n) is 6.98. The lowest BCUT2D eigenvalue weighted by Gasteiger charge is -2.34. The largest absolute Gasteiger partial charge is 0.494 e. The van der Waals surface area contributed by atoms with Gasteiger partial charge in [-0.2, -0.15) is 0 Å². The first-order chi connectivity index (χ1) is 15.7. The number of benzene rings is 2. The summed E-state index contributed by atoms with van der Waals surface area (Å²) in [6.07, 6.45) is 9.03. The average Bonchev–Trinajstić information content (AvgIpc) is 3.45. The maximum absolute atomic E-state index is 12.9. The number of carbonyl (C=O) groups excluding carboxylic acids is 1. The lowest BCUT2D eigenvalue weighted by molar-refractivity contribution is 0.102. The molecule has 0 radical (unpaired) electrons. The van der Waals surface area contributed by atoms with Crippen LogP contribution in [-0.4, -0.2) is 36.5 Å². The molecule has 3 heterocycles. The van der Waals surface area contributed by atoms with E-state index >= 15 is 0 Å². The third-order valence-corrected chi connectivity index (χ3v) is 6.98. The molecule has 0 bridgehead atoms. The van der Waals surface area contributed by atoms with Gasteiger partial charge in [0, 0.05) is 28.2 Å². The maximum atomic E-state index is 12.9. The molecule has 2 aliphatic rings. The zero-order valence-electron chi connectivity index (χ0n) is 18.8. The van der Waals surface area contributed by atoms with Gasteiger partial charge in [0.25, 0.3) is 5.91 Å². The molecule has 2 aliphatic heterocycles. The van der Waals surface area contributed by atoms with Crippen LogP contribution in [-0.2, 0) is 0 Å². The van der Waals surface area contributed by atoms with Crippen LogP contribution in [0, 0.1) is 0 Å². The van der Waals surface area contributed by atoms with Crippen LogP contribution in [0.4, 0.5) is 5.69 Å². The summed E-state index contributed by atoms with van der Waals surface area (Å²) in [7, 11) is 0. The number of nitrogens with one attached hydrogen (secondary N) is 1. The van der Waals surface area contributed by atoms with E-state index in [4.69, 9.17) is 9.15 Å². The lowest BCUT2D eigenvalue weighted by Crippen LogP contribution is -2.37. The second kappa shape index (κ2) is 9.37. The maximum Gasteiger partial charge on any atom is 0.255 e. The van der Waals surface area contributed by atoms with Gasteiger partial charge < -0.3 is 19.4 Å². The van der Waals surface area contributed by atoms with Gasteiger partial charge in [-0.1, -0.05) is 19.4 Å². The van der Waals surface area contributed by atoms with Crippen molar-refractivity contribution < 1.29 is 13.9 Å². The summed E-state index contributed by atoms with van der Waals surface area (Å²) in [5.41, 5.74) is 3.56. The van der Waals surface area contributed by atoms with Crippen molar-refractivity contribution in [1.29, 1.82) is 0 Å². The van der Waals surface area contributed by atoms with Crippen molar-refractivity contribution in [2.24, 2.45) is 0 Å². The van der Waals surface area contributed by atoms with Crippen LogP contribution in [0.3, 0.4) is 0 Å². The molecule has 0 spiro atoms. The summed E-state index contributed by atoms with van der Waals surface area (Å²) in [4.78, 5) is 15.5. The van der Waals surface area contributed by atoms with Crippen molar-refractivity contribution in [3.63, 3.8) is 0 Å². The fourth-order valence-corrected chi connectivity index (χ4v) is 5.21. The smallest absolute Gasteiger partial charge is 0.255 e. The summed E-state index contributed by atoms with van der Waals surface area (Å²) in [5.74, 6) is 1.13. The van der Waals surface area contributed by atoms with Crippen LogP contribution in [0.25, 0.3) is 11.0 Å². The van der Waals surface area contributed by atoms with E-state index in [2.05, 4.69) is 23.2 Å².